The summed E-state index contributed by atoms with van der Waals surface area (Å²) in [5, 5.41) is 3.63. The number of methoxy groups -OCH3 is 2. The molecule has 5 heteroatoms. The first-order valence-corrected chi connectivity index (χ1v) is 17.4. The van der Waals surface area contributed by atoms with Gasteiger partial charge in [0.15, 0.2) is 0 Å². The predicted octanol–water partition coefficient (Wildman–Crippen LogP) is 8.89. The summed E-state index contributed by atoms with van der Waals surface area (Å²) >= 11 is 0. The van der Waals surface area contributed by atoms with E-state index in [2.05, 4.69) is 54.4 Å². The van der Waals surface area contributed by atoms with Crippen molar-refractivity contribution in [3.8, 4) is 11.5 Å². The molecule has 2 aromatic carbocycles. The fraction of sp³-hybridized carbons (Fsp3) is 0.658. The van der Waals surface area contributed by atoms with E-state index >= 15 is 0 Å². The molecule has 1 saturated heterocycles. The molecule has 1 saturated carbocycles. The smallest absolute Gasteiger partial charge is 0.223 e. The Kier molecular flexibility index (Phi) is 13.7. The fourth-order valence-electron chi connectivity index (χ4n) is 7.34. The molecule has 2 aliphatic rings. The van der Waals surface area contributed by atoms with Crippen LogP contribution in [0.1, 0.15) is 120 Å². The number of aryl methyl sites for hydroxylation is 1. The van der Waals surface area contributed by atoms with Crippen molar-refractivity contribution < 1.29 is 14.3 Å². The Hall–Kier alpha value is -2.53. The summed E-state index contributed by atoms with van der Waals surface area (Å²) in [5.41, 5.74) is 3.84. The van der Waals surface area contributed by atoms with E-state index in [4.69, 9.17) is 9.47 Å². The molecule has 43 heavy (non-hydrogen) atoms. The zero-order valence-electron chi connectivity index (χ0n) is 27.5. The predicted molar refractivity (Wildman–Crippen MR) is 178 cm³/mol. The Morgan fingerprint density at radius 2 is 1.65 bits per heavy atom. The van der Waals surface area contributed by atoms with Gasteiger partial charge < -0.3 is 14.8 Å². The summed E-state index contributed by atoms with van der Waals surface area (Å²) in [7, 11) is 3.42. The van der Waals surface area contributed by atoms with Crippen molar-refractivity contribution in [2.45, 2.75) is 116 Å². The van der Waals surface area contributed by atoms with Gasteiger partial charge in [0.1, 0.15) is 11.5 Å². The average molecular weight is 591 g/mol. The van der Waals surface area contributed by atoms with E-state index in [-0.39, 0.29) is 17.9 Å². The number of hydrogen-bond acceptors (Lipinski definition) is 4. The second kappa shape index (κ2) is 17.7. The summed E-state index contributed by atoms with van der Waals surface area (Å²) < 4.78 is 11.1. The molecule has 0 bridgehead atoms. The minimum atomic E-state index is 0.0417. The van der Waals surface area contributed by atoms with E-state index in [0.29, 0.717) is 5.92 Å². The quantitative estimate of drug-likeness (QED) is 0.198. The van der Waals surface area contributed by atoms with E-state index in [0.717, 1.165) is 69.2 Å². The van der Waals surface area contributed by atoms with E-state index in [1.54, 1.807) is 14.2 Å². The third-order valence-corrected chi connectivity index (χ3v) is 10.0. The Morgan fingerprint density at radius 1 is 0.907 bits per heavy atom. The Balaban J connectivity index is 1.45. The lowest BCUT2D eigenvalue weighted by Crippen LogP contribution is -2.44. The molecular weight excluding hydrogens is 532 g/mol. The number of likely N-dealkylation sites (tertiary alicyclic amines) is 1. The zero-order valence-corrected chi connectivity index (χ0v) is 27.5. The summed E-state index contributed by atoms with van der Waals surface area (Å²) in [6.07, 6.45) is 17.0. The number of carbonyl (C=O) groups is 1. The number of ether oxygens (including phenoxy) is 2. The normalized spacial score (nSPS) is 21.7. The Bertz CT molecular complexity index is 1090. The monoisotopic (exact) mass is 590 g/mol. The SMILES string of the molecule is CCCCCc1ccc(C(NC(=O)C2CCC(CCCCC)CC2)C2CCCN(Cc3ccc(OC)cc3OC)C2)cc1. The molecule has 238 valence electrons. The van der Waals surface area contributed by atoms with E-state index in [1.165, 1.54) is 74.5 Å². The Morgan fingerprint density at radius 3 is 2.35 bits per heavy atom. The van der Waals surface area contributed by atoms with Gasteiger partial charge in [-0.05, 0) is 86.9 Å². The number of nitrogens with zero attached hydrogens (tertiary/aromatic N) is 1. The van der Waals surface area contributed by atoms with Crippen LogP contribution in [0.4, 0.5) is 0 Å². The molecular formula is C38H58N2O3. The standard InChI is InChI=1S/C38H58N2O3/c1-5-7-9-12-29-15-19-31(20-16-29)37(39-38(41)32-21-17-30(18-22-32)13-10-8-6-2)34-14-11-25-40(28-34)27-33-23-24-35(42-3)26-36(33)43-4/h15-16,19-20,23-24,26,30,32,34,37H,5-14,17-18,21-22,25,27-28H2,1-4H3,(H,39,41). The lowest BCUT2D eigenvalue weighted by molar-refractivity contribution is -0.127. The van der Waals surface area contributed by atoms with Gasteiger partial charge in [0.2, 0.25) is 5.91 Å². The van der Waals surface area contributed by atoms with Gasteiger partial charge in [-0.3, -0.25) is 9.69 Å². The number of benzene rings is 2. The highest BCUT2D eigenvalue weighted by molar-refractivity contribution is 5.79. The van der Waals surface area contributed by atoms with Gasteiger partial charge in [0.05, 0.1) is 20.3 Å². The first kappa shape index (κ1) is 33.4. The number of unbranched alkanes of at least 4 members (excludes halogenated alkanes) is 4. The van der Waals surface area contributed by atoms with E-state index in [9.17, 15) is 4.79 Å². The lowest BCUT2D eigenvalue weighted by Gasteiger charge is -2.38. The zero-order chi connectivity index (χ0) is 30.4. The molecule has 2 atom stereocenters. The molecule has 0 spiro atoms. The highest BCUT2D eigenvalue weighted by atomic mass is 16.5. The van der Waals surface area contributed by atoms with Crippen LogP contribution >= 0.6 is 0 Å². The summed E-state index contributed by atoms with van der Waals surface area (Å²) in [4.78, 5) is 16.3. The van der Waals surface area contributed by atoms with Gasteiger partial charge in [-0.2, -0.15) is 0 Å². The van der Waals surface area contributed by atoms with Crippen LogP contribution in [-0.2, 0) is 17.8 Å². The maximum Gasteiger partial charge on any atom is 0.223 e. The highest BCUT2D eigenvalue weighted by Gasteiger charge is 2.33. The van der Waals surface area contributed by atoms with Crippen molar-refractivity contribution in [2.24, 2.45) is 17.8 Å². The maximum absolute atomic E-state index is 13.8. The summed E-state index contributed by atoms with van der Waals surface area (Å²) in [6, 6.07) is 15.3. The van der Waals surface area contributed by atoms with Crippen LogP contribution in [0.5, 0.6) is 11.5 Å². The van der Waals surface area contributed by atoms with E-state index < -0.39 is 0 Å². The fourth-order valence-corrected chi connectivity index (χ4v) is 7.34. The van der Waals surface area contributed by atoms with E-state index in [1.807, 2.05) is 12.1 Å². The molecule has 2 aromatic rings. The van der Waals surface area contributed by atoms with Crippen molar-refractivity contribution in [2.75, 3.05) is 27.3 Å². The third kappa shape index (κ3) is 9.99. The highest BCUT2D eigenvalue weighted by Crippen LogP contribution is 2.36. The molecule has 0 radical (unpaired) electrons. The minimum Gasteiger partial charge on any atom is -0.497 e. The third-order valence-electron chi connectivity index (χ3n) is 10.0. The molecule has 1 aliphatic carbocycles. The lowest BCUT2D eigenvalue weighted by atomic mass is 9.79. The van der Waals surface area contributed by atoms with Crippen molar-refractivity contribution in [3.63, 3.8) is 0 Å². The van der Waals surface area contributed by atoms with Crippen molar-refractivity contribution in [1.82, 2.24) is 10.2 Å². The molecule has 2 fully saturated rings. The number of amides is 1. The first-order valence-electron chi connectivity index (χ1n) is 17.4. The molecule has 4 rings (SSSR count). The van der Waals surface area contributed by atoms with Crippen LogP contribution in [0, 0.1) is 17.8 Å². The molecule has 1 N–H and O–H groups in total. The number of hydrogen-bond donors (Lipinski definition) is 1. The van der Waals surface area contributed by atoms with Crippen LogP contribution in [0.2, 0.25) is 0 Å². The molecule has 2 unspecified atom stereocenters. The first-order chi connectivity index (χ1) is 21.0. The maximum atomic E-state index is 13.8. The van der Waals surface area contributed by atoms with Crippen molar-refractivity contribution in [3.05, 3.63) is 59.2 Å². The second-order valence-corrected chi connectivity index (χ2v) is 13.2. The van der Waals surface area contributed by atoms with Crippen LogP contribution < -0.4 is 14.8 Å². The second-order valence-electron chi connectivity index (χ2n) is 13.2. The molecule has 1 heterocycles. The van der Waals surface area contributed by atoms with Gasteiger partial charge in [-0.15, -0.1) is 0 Å². The van der Waals surface area contributed by atoms with Crippen LogP contribution in [0.3, 0.4) is 0 Å². The van der Waals surface area contributed by atoms with Crippen LogP contribution in [0.15, 0.2) is 42.5 Å². The van der Waals surface area contributed by atoms with Crippen molar-refractivity contribution >= 4 is 5.91 Å². The van der Waals surface area contributed by atoms with Gasteiger partial charge in [-0.25, -0.2) is 0 Å². The van der Waals surface area contributed by atoms with Gasteiger partial charge in [-0.1, -0.05) is 82.7 Å². The number of nitrogens with one attached hydrogen (secondary N) is 1. The van der Waals surface area contributed by atoms with Gasteiger partial charge in [0, 0.05) is 30.6 Å². The molecule has 1 aliphatic heterocycles. The van der Waals surface area contributed by atoms with Crippen molar-refractivity contribution in [1.29, 1.82) is 0 Å². The topological polar surface area (TPSA) is 50.8 Å². The summed E-state index contributed by atoms with van der Waals surface area (Å²) in [5.74, 6) is 3.30. The minimum absolute atomic E-state index is 0.0417. The Labute approximate surface area is 262 Å². The van der Waals surface area contributed by atoms with Crippen LogP contribution in [-0.4, -0.2) is 38.1 Å². The van der Waals surface area contributed by atoms with Gasteiger partial charge in [0.25, 0.3) is 0 Å². The average Bonchev–Trinajstić information content (AvgIpc) is 3.05. The number of carbonyl (C=O) groups excluding carboxylic acids is 1. The molecule has 5 nitrogen and oxygen atoms in total. The summed E-state index contributed by atoms with van der Waals surface area (Å²) in [6.45, 7) is 7.39. The number of rotatable bonds is 16. The van der Waals surface area contributed by atoms with Gasteiger partial charge >= 0.3 is 0 Å². The molecule has 1 amide bonds. The molecule has 0 aromatic heterocycles. The van der Waals surface area contributed by atoms with Crippen LogP contribution in [0.25, 0.3) is 0 Å². The number of piperidine rings is 1. The largest absolute Gasteiger partial charge is 0.497 e.